The molecule has 1 aromatic rings. The maximum Gasteiger partial charge on any atom is 0.407 e. The van der Waals surface area contributed by atoms with Gasteiger partial charge in [-0.25, -0.2) is 14.8 Å². The van der Waals surface area contributed by atoms with Gasteiger partial charge in [0.05, 0.1) is 5.69 Å². The van der Waals surface area contributed by atoms with Gasteiger partial charge in [0, 0.05) is 24.8 Å². The van der Waals surface area contributed by atoms with E-state index in [0.29, 0.717) is 6.04 Å². The molecular formula is C16H26N4O2. The molecular weight excluding hydrogens is 280 g/mol. The third-order valence-corrected chi connectivity index (χ3v) is 3.66. The largest absolute Gasteiger partial charge is 0.444 e. The van der Waals surface area contributed by atoms with E-state index < -0.39 is 5.60 Å². The van der Waals surface area contributed by atoms with Crippen LogP contribution in [-0.4, -0.2) is 33.7 Å². The third kappa shape index (κ3) is 5.97. The third-order valence-electron chi connectivity index (χ3n) is 3.66. The zero-order chi connectivity index (χ0) is 16.0. The lowest BCUT2D eigenvalue weighted by Gasteiger charge is -2.30. The van der Waals surface area contributed by atoms with Gasteiger partial charge >= 0.3 is 6.09 Å². The van der Waals surface area contributed by atoms with Crippen LogP contribution in [0.4, 0.5) is 4.79 Å². The van der Waals surface area contributed by atoms with Crippen molar-refractivity contribution >= 4 is 6.09 Å². The van der Waals surface area contributed by atoms with E-state index in [1.54, 1.807) is 12.5 Å². The predicted octanol–water partition coefficient (Wildman–Crippen LogP) is 2.40. The number of aromatic nitrogens is 2. The number of ether oxygens (including phenoxy) is 1. The number of hydrogen-bond acceptors (Lipinski definition) is 5. The number of rotatable bonds is 4. The van der Waals surface area contributed by atoms with Crippen LogP contribution in [0.15, 0.2) is 18.6 Å². The Morgan fingerprint density at radius 2 is 1.95 bits per heavy atom. The van der Waals surface area contributed by atoms with Gasteiger partial charge in [-0.15, -0.1) is 0 Å². The first-order valence-corrected chi connectivity index (χ1v) is 7.90. The molecule has 1 aromatic heterocycles. The van der Waals surface area contributed by atoms with Gasteiger partial charge in [0.25, 0.3) is 0 Å². The summed E-state index contributed by atoms with van der Waals surface area (Å²) in [6.07, 6.45) is 7.05. The molecule has 0 aromatic carbocycles. The van der Waals surface area contributed by atoms with E-state index >= 15 is 0 Å². The normalized spacial score (nSPS) is 22.1. The number of amides is 1. The van der Waals surface area contributed by atoms with Crippen LogP contribution in [0, 0.1) is 0 Å². The smallest absolute Gasteiger partial charge is 0.407 e. The Morgan fingerprint density at radius 1 is 1.27 bits per heavy atom. The van der Waals surface area contributed by atoms with Gasteiger partial charge in [-0.3, -0.25) is 0 Å². The molecule has 1 heterocycles. The van der Waals surface area contributed by atoms with Crippen LogP contribution in [0.3, 0.4) is 0 Å². The fraction of sp³-hybridized carbons (Fsp3) is 0.688. The van der Waals surface area contributed by atoms with Gasteiger partial charge in [0.15, 0.2) is 0 Å². The Balaban J connectivity index is 1.66. The van der Waals surface area contributed by atoms with Crippen LogP contribution < -0.4 is 10.6 Å². The van der Waals surface area contributed by atoms with Crippen LogP contribution in [0.5, 0.6) is 0 Å². The monoisotopic (exact) mass is 306 g/mol. The number of nitrogens with zero attached hydrogens (tertiary/aromatic N) is 2. The maximum atomic E-state index is 11.8. The molecule has 6 nitrogen and oxygen atoms in total. The summed E-state index contributed by atoms with van der Waals surface area (Å²) in [6.45, 7) is 6.39. The van der Waals surface area contributed by atoms with Crippen molar-refractivity contribution < 1.29 is 9.53 Å². The van der Waals surface area contributed by atoms with Crippen LogP contribution in [0.2, 0.25) is 0 Å². The van der Waals surface area contributed by atoms with E-state index in [4.69, 9.17) is 4.74 Å². The molecule has 6 heteroatoms. The Morgan fingerprint density at radius 3 is 2.55 bits per heavy atom. The molecule has 0 aliphatic heterocycles. The minimum Gasteiger partial charge on any atom is -0.444 e. The summed E-state index contributed by atoms with van der Waals surface area (Å²) < 4.78 is 5.29. The lowest BCUT2D eigenvalue weighted by Crippen LogP contribution is -2.43. The average Bonchev–Trinajstić information content (AvgIpc) is 2.45. The van der Waals surface area contributed by atoms with E-state index in [0.717, 1.165) is 37.9 Å². The molecule has 1 amide bonds. The van der Waals surface area contributed by atoms with E-state index in [1.165, 1.54) is 0 Å². The first-order chi connectivity index (χ1) is 10.4. The van der Waals surface area contributed by atoms with E-state index in [1.807, 2.05) is 26.8 Å². The minimum atomic E-state index is -0.444. The van der Waals surface area contributed by atoms with Crippen molar-refractivity contribution in [3.8, 4) is 0 Å². The molecule has 0 atom stereocenters. The van der Waals surface area contributed by atoms with Crippen LogP contribution in [0.25, 0.3) is 0 Å². The first-order valence-electron chi connectivity index (χ1n) is 7.90. The Bertz CT molecular complexity index is 465. The van der Waals surface area contributed by atoms with Crippen LogP contribution >= 0.6 is 0 Å². The molecule has 0 unspecified atom stereocenters. The minimum absolute atomic E-state index is 0.215. The van der Waals surface area contributed by atoms with E-state index in [2.05, 4.69) is 20.6 Å². The van der Waals surface area contributed by atoms with Crippen molar-refractivity contribution in [2.45, 2.75) is 70.7 Å². The topological polar surface area (TPSA) is 76.1 Å². The molecule has 2 rings (SSSR count). The molecule has 22 heavy (non-hydrogen) atoms. The van der Waals surface area contributed by atoms with Gasteiger partial charge in [-0.1, -0.05) is 0 Å². The van der Waals surface area contributed by atoms with Crippen molar-refractivity contribution in [2.75, 3.05) is 0 Å². The second-order valence-electron chi connectivity index (χ2n) is 6.78. The summed E-state index contributed by atoms with van der Waals surface area (Å²) in [7, 11) is 0. The predicted molar refractivity (Wildman–Crippen MR) is 84.3 cm³/mol. The highest BCUT2D eigenvalue weighted by atomic mass is 16.6. The molecule has 0 saturated heterocycles. The second-order valence-corrected chi connectivity index (χ2v) is 6.78. The Hall–Kier alpha value is -1.69. The summed E-state index contributed by atoms with van der Waals surface area (Å²) >= 11 is 0. The van der Waals surface area contributed by atoms with Crippen LogP contribution in [-0.2, 0) is 11.3 Å². The summed E-state index contributed by atoms with van der Waals surface area (Å²) in [5.74, 6) is 0. The molecule has 2 N–H and O–H groups in total. The molecule has 1 aliphatic rings. The summed E-state index contributed by atoms with van der Waals surface area (Å²) in [5, 5.41) is 6.48. The molecule has 0 bridgehead atoms. The SMILES string of the molecule is CC(C)(C)OC(=O)NC1CCC(NCc2ccncn2)CC1. The highest BCUT2D eigenvalue weighted by Gasteiger charge is 2.24. The highest BCUT2D eigenvalue weighted by molar-refractivity contribution is 5.68. The van der Waals surface area contributed by atoms with Gasteiger partial charge < -0.3 is 15.4 Å². The quantitative estimate of drug-likeness (QED) is 0.893. The zero-order valence-corrected chi connectivity index (χ0v) is 13.6. The number of hydrogen-bond donors (Lipinski definition) is 2. The van der Waals surface area contributed by atoms with Crippen molar-refractivity contribution in [2.24, 2.45) is 0 Å². The molecule has 122 valence electrons. The lowest BCUT2D eigenvalue weighted by atomic mass is 9.91. The average molecular weight is 306 g/mol. The second kappa shape index (κ2) is 7.54. The molecule has 0 spiro atoms. The van der Waals surface area contributed by atoms with E-state index in [9.17, 15) is 4.79 Å². The lowest BCUT2D eigenvalue weighted by molar-refractivity contribution is 0.0489. The number of alkyl carbamates (subject to hydrolysis) is 1. The molecule has 1 saturated carbocycles. The Kier molecular flexibility index (Phi) is 5.71. The summed E-state index contributed by atoms with van der Waals surface area (Å²) in [5.41, 5.74) is 0.560. The van der Waals surface area contributed by atoms with Crippen molar-refractivity contribution in [1.82, 2.24) is 20.6 Å². The fourth-order valence-corrected chi connectivity index (χ4v) is 2.59. The standard InChI is InChI=1S/C16H26N4O2/c1-16(2,3)22-15(21)20-13-6-4-12(5-7-13)18-10-14-8-9-17-11-19-14/h8-9,11-13,18H,4-7,10H2,1-3H3,(H,20,21). The number of carbonyl (C=O) groups is 1. The summed E-state index contributed by atoms with van der Waals surface area (Å²) in [4.78, 5) is 19.9. The van der Waals surface area contributed by atoms with Crippen LogP contribution in [0.1, 0.15) is 52.1 Å². The summed E-state index contributed by atoms with van der Waals surface area (Å²) in [6, 6.07) is 2.61. The molecule has 1 fully saturated rings. The van der Waals surface area contributed by atoms with Crippen molar-refractivity contribution in [1.29, 1.82) is 0 Å². The highest BCUT2D eigenvalue weighted by Crippen LogP contribution is 2.19. The van der Waals surface area contributed by atoms with Gasteiger partial charge in [-0.05, 0) is 52.5 Å². The fourth-order valence-electron chi connectivity index (χ4n) is 2.59. The van der Waals surface area contributed by atoms with Crippen molar-refractivity contribution in [3.05, 3.63) is 24.3 Å². The number of carbonyl (C=O) groups excluding carboxylic acids is 1. The molecule has 1 aliphatic carbocycles. The number of nitrogens with one attached hydrogen (secondary N) is 2. The zero-order valence-electron chi connectivity index (χ0n) is 13.6. The van der Waals surface area contributed by atoms with Gasteiger partial charge in [0.1, 0.15) is 11.9 Å². The van der Waals surface area contributed by atoms with Crippen molar-refractivity contribution in [3.63, 3.8) is 0 Å². The van der Waals surface area contributed by atoms with E-state index in [-0.39, 0.29) is 12.1 Å². The maximum absolute atomic E-state index is 11.8. The molecule has 0 radical (unpaired) electrons. The van der Waals surface area contributed by atoms with Gasteiger partial charge in [0.2, 0.25) is 0 Å². The van der Waals surface area contributed by atoms with Gasteiger partial charge in [-0.2, -0.15) is 0 Å². The Labute approximate surface area is 132 Å². The first kappa shape index (κ1) is 16.7.